The number of rotatable bonds is 3. The Hall–Kier alpha value is -4.80. The van der Waals surface area contributed by atoms with Gasteiger partial charge in [0.05, 0.1) is 5.41 Å². The second-order valence-electron chi connectivity index (χ2n) is 11.8. The quantitative estimate of drug-likeness (QED) is 0.208. The molecule has 0 bridgehead atoms. The van der Waals surface area contributed by atoms with Crippen LogP contribution in [0.25, 0.3) is 28.3 Å². The lowest BCUT2D eigenvalue weighted by molar-refractivity contribution is 0.342. The van der Waals surface area contributed by atoms with Gasteiger partial charge in [0.2, 0.25) is 0 Å². The van der Waals surface area contributed by atoms with E-state index < -0.39 is 0 Å². The minimum atomic E-state index is -0.239. The minimum Gasteiger partial charge on any atom is -0.209 e. The van der Waals surface area contributed by atoms with Gasteiger partial charge >= 0.3 is 0 Å². The molecule has 0 amide bonds. The topological polar surface area (TPSA) is 38.7 Å². The molecule has 1 spiro atoms. The van der Waals surface area contributed by atoms with Crippen LogP contribution in [0, 0.1) is 5.92 Å². The molecule has 5 aromatic carbocycles. The van der Waals surface area contributed by atoms with Crippen molar-refractivity contribution < 1.29 is 0 Å². The highest BCUT2D eigenvalue weighted by Gasteiger charge is 2.58. The molecule has 3 nitrogen and oxygen atoms in total. The molecule has 0 saturated heterocycles. The fraction of sp³-hybridized carbons (Fsp3) is 0.125. The number of benzene rings is 5. The standard InChI is InChI=1S/C40H29N3S/c1-3-14-26(15-4-1)37-41-38(27-16-5-2-6-17-27)43-39(42-37)29-19-13-23-33-36(29)28-18-7-8-20-30(28)40(33)31-21-9-11-24-34(31)44-35-25-12-10-22-32(35)40/h1-12,14-22,24-25,33,36H,13,23H2. The molecule has 2 heterocycles. The third-order valence-corrected chi connectivity index (χ3v) is 10.8. The highest BCUT2D eigenvalue weighted by atomic mass is 32.2. The van der Waals surface area contributed by atoms with Crippen molar-refractivity contribution in [1.82, 2.24) is 15.0 Å². The first-order valence-corrected chi connectivity index (χ1v) is 16.2. The number of fused-ring (bicyclic) bond motifs is 9. The van der Waals surface area contributed by atoms with E-state index in [1.807, 2.05) is 48.2 Å². The number of hydrogen-bond acceptors (Lipinski definition) is 4. The second kappa shape index (κ2) is 10.1. The Labute approximate surface area is 261 Å². The average molecular weight is 584 g/mol. The zero-order valence-electron chi connectivity index (χ0n) is 24.1. The van der Waals surface area contributed by atoms with Crippen LogP contribution in [0.2, 0.25) is 0 Å². The van der Waals surface area contributed by atoms with E-state index >= 15 is 0 Å². The third-order valence-electron chi connectivity index (χ3n) is 9.66. The fourth-order valence-corrected chi connectivity index (χ4v) is 9.20. The maximum atomic E-state index is 5.21. The van der Waals surface area contributed by atoms with Crippen LogP contribution in [-0.2, 0) is 5.41 Å². The molecule has 4 heteroatoms. The monoisotopic (exact) mass is 583 g/mol. The summed E-state index contributed by atoms with van der Waals surface area (Å²) in [5.41, 5.74) is 8.64. The van der Waals surface area contributed by atoms with Gasteiger partial charge in [-0.2, -0.15) is 0 Å². The summed E-state index contributed by atoms with van der Waals surface area (Å²) in [5.74, 6) is 2.71. The van der Waals surface area contributed by atoms with Crippen LogP contribution < -0.4 is 0 Å². The molecular weight excluding hydrogens is 555 g/mol. The molecule has 210 valence electrons. The van der Waals surface area contributed by atoms with Crippen LogP contribution in [-0.4, -0.2) is 15.0 Å². The predicted molar refractivity (Wildman–Crippen MR) is 177 cm³/mol. The van der Waals surface area contributed by atoms with E-state index in [1.165, 1.54) is 37.6 Å². The SMILES string of the molecule is C1=C(c2nc(-c3ccccc3)nc(-c3ccccc3)n2)C2c3ccccc3C3(c4ccccc4Sc4ccccc43)C2CC1. The summed E-state index contributed by atoms with van der Waals surface area (Å²) in [6.45, 7) is 0. The van der Waals surface area contributed by atoms with Crippen LogP contribution in [0.15, 0.2) is 149 Å². The number of allylic oxidation sites excluding steroid dienone is 2. The molecule has 1 aromatic heterocycles. The van der Waals surface area contributed by atoms with E-state index in [4.69, 9.17) is 15.0 Å². The largest absolute Gasteiger partial charge is 0.209 e. The van der Waals surface area contributed by atoms with Gasteiger partial charge in [-0.1, -0.05) is 139 Å². The average Bonchev–Trinajstić information content (AvgIpc) is 3.40. The number of nitrogens with zero attached hydrogens (tertiary/aromatic N) is 3. The van der Waals surface area contributed by atoms with Crippen LogP contribution in [0.1, 0.15) is 46.8 Å². The van der Waals surface area contributed by atoms with Crippen molar-refractivity contribution in [2.45, 2.75) is 34.0 Å². The van der Waals surface area contributed by atoms with Gasteiger partial charge in [0.1, 0.15) is 0 Å². The van der Waals surface area contributed by atoms with Crippen molar-refractivity contribution in [2.75, 3.05) is 0 Å². The zero-order valence-corrected chi connectivity index (χ0v) is 24.9. The predicted octanol–water partition coefficient (Wildman–Crippen LogP) is 9.60. The van der Waals surface area contributed by atoms with Crippen molar-refractivity contribution in [3.05, 3.63) is 168 Å². The molecular formula is C40H29N3S. The van der Waals surface area contributed by atoms with Crippen LogP contribution in [0.5, 0.6) is 0 Å². The Morgan fingerprint density at radius 1 is 0.523 bits per heavy atom. The Morgan fingerprint density at radius 3 is 1.64 bits per heavy atom. The molecule has 0 fully saturated rings. The van der Waals surface area contributed by atoms with Gasteiger partial charge in [-0.3, -0.25) is 0 Å². The molecule has 2 atom stereocenters. The normalized spacial score (nSPS) is 19.0. The molecule has 44 heavy (non-hydrogen) atoms. The van der Waals surface area contributed by atoms with Crippen molar-refractivity contribution in [3.8, 4) is 22.8 Å². The first kappa shape index (κ1) is 25.7. The van der Waals surface area contributed by atoms with Gasteiger partial charge in [-0.05, 0) is 53.1 Å². The number of aromatic nitrogens is 3. The second-order valence-corrected chi connectivity index (χ2v) is 12.9. The highest BCUT2D eigenvalue weighted by Crippen LogP contribution is 2.67. The Kier molecular flexibility index (Phi) is 5.92. The summed E-state index contributed by atoms with van der Waals surface area (Å²) in [5, 5.41) is 0. The minimum absolute atomic E-state index is 0.166. The molecule has 9 rings (SSSR count). The molecule has 2 aliphatic carbocycles. The van der Waals surface area contributed by atoms with Crippen molar-refractivity contribution in [1.29, 1.82) is 0 Å². The van der Waals surface area contributed by atoms with E-state index in [9.17, 15) is 0 Å². The smallest absolute Gasteiger partial charge is 0.164 e. The van der Waals surface area contributed by atoms with Gasteiger partial charge in [0.25, 0.3) is 0 Å². The third kappa shape index (κ3) is 3.74. The van der Waals surface area contributed by atoms with Gasteiger partial charge in [0, 0.05) is 32.4 Å². The highest BCUT2D eigenvalue weighted by molar-refractivity contribution is 7.99. The van der Waals surface area contributed by atoms with Crippen molar-refractivity contribution in [3.63, 3.8) is 0 Å². The Balaban J connectivity index is 1.29. The molecule has 3 aliphatic rings. The van der Waals surface area contributed by atoms with Crippen LogP contribution >= 0.6 is 11.8 Å². The van der Waals surface area contributed by atoms with Gasteiger partial charge in [-0.25, -0.2) is 15.0 Å². The van der Waals surface area contributed by atoms with E-state index in [-0.39, 0.29) is 11.3 Å². The summed E-state index contributed by atoms with van der Waals surface area (Å²) < 4.78 is 0. The lowest BCUT2D eigenvalue weighted by Crippen LogP contribution is -2.39. The molecule has 6 aromatic rings. The number of hydrogen-bond donors (Lipinski definition) is 0. The lowest BCUT2D eigenvalue weighted by Gasteiger charge is -2.45. The first-order chi connectivity index (χ1) is 21.8. The Bertz CT molecular complexity index is 1970. The van der Waals surface area contributed by atoms with E-state index in [2.05, 4.69) is 103 Å². The van der Waals surface area contributed by atoms with E-state index in [0.29, 0.717) is 17.6 Å². The van der Waals surface area contributed by atoms with Crippen molar-refractivity contribution in [2.24, 2.45) is 5.92 Å². The van der Waals surface area contributed by atoms with E-state index in [0.717, 1.165) is 29.8 Å². The van der Waals surface area contributed by atoms with Crippen LogP contribution in [0.3, 0.4) is 0 Å². The van der Waals surface area contributed by atoms with Crippen LogP contribution in [0.4, 0.5) is 0 Å². The summed E-state index contributed by atoms with van der Waals surface area (Å²) in [6.07, 6.45) is 4.49. The zero-order chi connectivity index (χ0) is 29.1. The molecule has 1 aliphatic heterocycles. The molecule has 0 N–H and O–H groups in total. The molecule has 0 radical (unpaired) electrons. The molecule has 2 unspecified atom stereocenters. The van der Waals surface area contributed by atoms with Gasteiger partial charge in [-0.15, -0.1) is 0 Å². The summed E-state index contributed by atoms with van der Waals surface area (Å²) >= 11 is 1.91. The lowest BCUT2D eigenvalue weighted by atomic mass is 9.60. The van der Waals surface area contributed by atoms with E-state index in [1.54, 1.807) is 0 Å². The first-order valence-electron chi connectivity index (χ1n) is 15.4. The van der Waals surface area contributed by atoms with Gasteiger partial charge < -0.3 is 0 Å². The van der Waals surface area contributed by atoms with Gasteiger partial charge in [0.15, 0.2) is 17.5 Å². The Morgan fingerprint density at radius 2 is 1.02 bits per heavy atom. The summed E-state index contributed by atoms with van der Waals surface area (Å²) in [4.78, 5) is 18.1. The maximum absolute atomic E-state index is 5.21. The fourth-order valence-electron chi connectivity index (χ4n) is 7.99. The summed E-state index contributed by atoms with van der Waals surface area (Å²) in [6, 6.07) is 47.9. The summed E-state index contributed by atoms with van der Waals surface area (Å²) in [7, 11) is 0. The maximum Gasteiger partial charge on any atom is 0.164 e. The van der Waals surface area contributed by atoms with Crippen molar-refractivity contribution >= 4 is 17.3 Å². The molecule has 0 saturated carbocycles.